The molecule has 3 N–H and O–H groups in total. The summed E-state index contributed by atoms with van der Waals surface area (Å²) in [7, 11) is 1.64. The van der Waals surface area contributed by atoms with Gasteiger partial charge in [-0.3, -0.25) is 9.59 Å². The van der Waals surface area contributed by atoms with Gasteiger partial charge in [0.05, 0.1) is 22.9 Å². The molecule has 3 aromatic rings. The number of hydrogen-bond acceptors (Lipinski definition) is 9. The second-order valence-corrected chi connectivity index (χ2v) is 11.7. The van der Waals surface area contributed by atoms with E-state index in [2.05, 4.69) is 48.8 Å². The van der Waals surface area contributed by atoms with Crippen molar-refractivity contribution in [3.8, 4) is 6.07 Å². The van der Waals surface area contributed by atoms with Crippen molar-refractivity contribution < 1.29 is 9.59 Å². The minimum atomic E-state index is -0.689. The lowest BCUT2D eigenvalue weighted by molar-refractivity contribution is -0.131. The SMILES string of the molecule is CNC(=O)c1cc2c(s1)C(CCNCC(=O)N1[C@H](C#N)C[C@@H]3C[C@@H]31)(c1nn[nH]n1)c1ccsc1CC2. The number of piperidine rings is 1. The molecule has 1 saturated carbocycles. The van der Waals surface area contributed by atoms with Crippen LogP contribution in [0, 0.1) is 17.2 Å². The van der Waals surface area contributed by atoms with Crippen LogP contribution in [0.4, 0.5) is 0 Å². The van der Waals surface area contributed by atoms with Gasteiger partial charge in [0.25, 0.3) is 5.91 Å². The predicted octanol–water partition coefficient (Wildman–Crippen LogP) is 1.61. The van der Waals surface area contributed by atoms with Gasteiger partial charge in [-0.05, 0) is 73.2 Å². The molecule has 0 spiro atoms. The molecule has 1 aliphatic heterocycles. The Balaban J connectivity index is 1.30. The lowest BCUT2D eigenvalue weighted by Crippen LogP contribution is -2.43. The zero-order valence-electron chi connectivity index (χ0n) is 19.8. The van der Waals surface area contributed by atoms with Gasteiger partial charge >= 0.3 is 0 Å². The smallest absolute Gasteiger partial charge is 0.261 e. The third-order valence-corrected chi connectivity index (χ3v) is 10.0. The molecule has 4 heterocycles. The summed E-state index contributed by atoms with van der Waals surface area (Å²) >= 11 is 3.20. The number of amides is 2. The zero-order chi connectivity index (χ0) is 24.9. The molecule has 2 fully saturated rings. The lowest BCUT2D eigenvalue weighted by Gasteiger charge is -2.31. The summed E-state index contributed by atoms with van der Waals surface area (Å²) in [6.07, 6.45) is 4.11. The topological polar surface area (TPSA) is 140 Å². The fourth-order valence-electron chi connectivity index (χ4n) is 5.91. The van der Waals surface area contributed by atoms with Gasteiger partial charge in [-0.1, -0.05) is 5.21 Å². The van der Waals surface area contributed by atoms with Gasteiger partial charge in [0.15, 0.2) is 5.82 Å². The predicted molar refractivity (Wildman–Crippen MR) is 134 cm³/mol. The number of aryl methyl sites for hydroxylation is 2. The molecule has 3 aliphatic rings. The van der Waals surface area contributed by atoms with Crippen molar-refractivity contribution in [3.05, 3.63) is 49.1 Å². The molecule has 1 unspecified atom stereocenters. The van der Waals surface area contributed by atoms with E-state index in [0.717, 1.165) is 41.7 Å². The number of aromatic amines is 1. The van der Waals surface area contributed by atoms with Crippen molar-refractivity contribution >= 4 is 34.5 Å². The van der Waals surface area contributed by atoms with Crippen molar-refractivity contribution in [2.45, 2.75) is 49.6 Å². The van der Waals surface area contributed by atoms with E-state index in [4.69, 9.17) is 0 Å². The highest BCUT2D eigenvalue weighted by Gasteiger charge is 2.54. The summed E-state index contributed by atoms with van der Waals surface area (Å²) in [5.74, 6) is 0.930. The highest BCUT2D eigenvalue weighted by atomic mass is 32.1. The Morgan fingerprint density at radius 2 is 2.25 bits per heavy atom. The number of carbonyl (C=O) groups excluding carboxylic acids is 2. The number of H-pyrrole nitrogens is 1. The Morgan fingerprint density at radius 3 is 3.03 bits per heavy atom. The molecule has 0 aromatic carbocycles. The Labute approximate surface area is 216 Å². The Morgan fingerprint density at radius 1 is 1.36 bits per heavy atom. The molecule has 0 radical (unpaired) electrons. The van der Waals surface area contributed by atoms with Crippen LogP contribution in [0.5, 0.6) is 0 Å². The van der Waals surface area contributed by atoms with Crippen LogP contribution in [-0.2, 0) is 23.1 Å². The second kappa shape index (κ2) is 9.06. The van der Waals surface area contributed by atoms with E-state index in [1.165, 1.54) is 16.2 Å². The fraction of sp³-hybridized carbons (Fsp3) is 0.500. The first-order valence-corrected chi connectivity index (χ1v) is 13.8. The number of nitrogens with zero attached hydrogens (tertiary/aromatic N) is 5. The molecule has 12 heteroatoms. The first-order valence-electron chi connectivity index (χ1n) is 12.1. The van der Waals surface area contributed by atoms with E-state index in [9.17, 15) is 14.9 Å². The van der Waals surface area contributed by atoms with E-state index in [0.29, 0.717) is 29.6 Å². The minimum Gasteiger partial charge on any atom is -0.354 e. The number of nitrogens with one attached hydrogen (secondary N) is 3. The van der Waals surface area contributed by atoms with Crippen molar-refractivity contribution in [3.63, 3.8) is 0 Å². The molecule has 186 valence electrons. The number of nitriles is 1. The van der Waals surface area contributed by atoms with Crippen molar-refractivity contribution in [1.29, 1.82) is 5.26 Å². The first kappa shape index (κ1) is 23.3. The molecule has 0 bridgehead atoms. The van der Waals surface area contributed by atoms with E-state index in [1.807, 2.05) is 6.07 Å². The van der Waals surface area contributed by atoms with Crippen LogP contribution in [-0.4, -0.2) is 69.6 Å². The summed E-state index contributed by atoms with van der Waals surface area (Å²) in [5, 5.41) is 33.0. The van der Waals surface area contributed by atoms with Crippen molar-refractivity contribution in [2.24, 2.45) is 5.92 Å². The molecular weight excluding hydrogens is 496 g/mol. The number of rotatable bonds is 7. The zero-order valence-corrected chi connectivity index (χ0v) is 21.4. The van der Waals surface area contributed by atoms with Crippen LogP contribution >= 0.6 is 22.7 Å². The van der Waals surface area contributed by atoms with Gasteiger partial charge in [-0.15, -0.1) is 32.9 Å². The number of thiophene rings is 2. The Hall–Kier alpha value is -3.14. The number of fused-ring (bicyclic) bond motifs is 3. The van der Waals surface area contributed by atoms with Gasteiger partial charge in [-0.2, -0.15) is 10.5 Å². The average Bonchev–Trinajstić information content (AvgIpc) is 3.41. The van der Waals surface area contributed by atoms with Gasteiger partial charge in [0.1, 0.15) is 6.04 Å². The van der Waals surface area contributed by atoms with Crippen LogP contribution in [0.15, 0.2) is 17.5 Å². The molecule has 36 heavy (non-hydrogen) atoms. The molecular formula is C24H26N8O2S2. The standard InChI is InChI=1S/C24H26N8O2S2/c1-26-22(34)19-10-13-2-3-18-16(4-7-35-18)24(21(13)36-19,23-28-30-31-29-23)5-6-27-12-20(33)32-15(11-25)8-14-9-17(14)32/h4,7,10,14-15,17,27H,2-3,5-6,8-9,12H2,1H3,(H,26,34)(H,28,29,30,31)/t14-,15+,17+,24?/m1/s1. The Kier molecular flexibility index (Phi) is 5.86. The number of hydrogen-bond donors (Lipinski definition) is 3. The highest BCUT2D eigenvalue weighted by Crippen LogP contribution is 2.50. The van der Waals surface area contributed by atoms with E-state index >= 15 is 0 Å². The largest absolute Gasteiger partial charge is 0.354 e. The average molecular weight is 523 g/mol. The third-order valence-electron chi connectivity index (χ3n) is 7.70. The maximum atomic E-state index is 13.0. The van der Waals surface area contributed by atoms with Crippen molar-refractivity contribution in [2.75, 3.05) is 20.1 Å². The second-order valence-electron chi connectivity index (χ2n) is 9.61. The van der Waals surface area contributed by atoms with Crippen LogP contribution in [0.1, 0.15) is 55.6 Å². The van der Waals surface area contributed by atoms with Crippen molar-refractivity contribution in [1.82, 2.24) is 36.2 Å². The number of aromatic nitrogens is 4. The van der Waals surface area contributed by atoms with Crippen LogP contribution in [0.2, 0.25) is 0 Å². The van der Waals surface area contributed by atoms with Crippen LogP contribution < -0.4 is 10.6 Å². The van der Waals surface area contributed by atoms with Gasteiger partial charge < -0.3 is 15.5 Å². The van der Waals surface area contributed by atoms with E-state index < -0.39 is 5.41 Å². The summed E-state index contributed by atoms with van der Waals surface area (Å²) in [4.78, 5) is 30.3. The highest BCUT2D eigenvalue weighted by molar-refractivity contribution is 7.14. The number of likely N-dealkylation sites (tertiary alicyclic amines) is 1. The summed E-state index contributed by atoms with van der Waals surface area (Å²) < 4.78 is 0. The molecule has 2 aliphatic carbocycles. The van der Waals surface area contributed by atoms with Gasteiger partial charge in [0, 0.05) is 22.8 Å². The third kappa shape index (κ3) is 3.65. The minimum absolute atomic E-state index is 0.0176. The molecule has 10 nitrogen and oxygen atoms in total. The van der Waals surface area contributed by atoms with Crippen LogP contribution in [0.3, 0.4) is 0 Å². The normalized spacial score (nSPS) is 25.9. The lowest BCUT2D eigenvalue weighted by atomic mass is 9.75. The van der Waals surface area contributed by atoms with Gasteiger partial charge in [0.2, 0.25) is 5.91 Å². The van der Waals surface area contributed by atoms with Crippen LogP contribution in [0.25, 0.3) is 0 Å². The molecule has 2 amide bonds. The molecule has 3 aromatic heterocycles. The number of tetrazole rings is 1. The maximum absolute atomic E-state index is 13.0. The van der Waals surface area contributed by atoms with Gasteiger partial charge in [-0.25, -0.2) is 0 Å². The number of carbonyl (C=O) groups is 2. The van der Waals surface area contributed by atoms with E-state index in [-0.39, 0.29) is 30.4 Å². The maximum Gasteiger partial charge on any atom is 0.261 e. The Bertz CT molecular complexity index is 1340. The molecule has 1 saturated heterocycles. The monoisotopic (exact) mass is 522 g/mol. The van der Waals surface area contributed by atoms with E-state index in [1.54, 1.807) is 23.3 Å². The molecule has 6 rings (SSSR count). The summed E-state index contributed by atoms with van der Waals surface area (Å²) in [6.45, 7) is 0.711. The summed E-state index contributed by atoms with van der Waals surface area (Å²) in [5.41, 5.74) is 1.57. The summed E-state index contributed by atoms with van der Waals surface area (Å²) in [6, 6.07) is 6.34. The first-order chi connectivity index (χ1) is 17.6. The fourth-order valence-corrected chi connectivity index (χ4v) is 8.26. The molecule has 4 atom stereocenters. The quantitative estimate of drug-likeness (QED) is 0.401.